The van der Waals surface area contributed by atoms with Crippen LogP contribution >= 0.6 is 23.6 Å². The summed E-state index contributed by atoms with van der Waals surface area (Å²) in [6.07, 6.45) is 1.59. The number of aromatic nitrogens is 2. The minimum atomic E-state index is 0.340. The van der Waals surface area contributed by atoms with Crippen molar-refractivity contribution in [1.82, 2.24) is 10.2 Å². The van der Waals surface area contributed by atoms with E-state index in [0.29, 0.717) is 10.8 Å². The molecule has 6 heteroatoms. The highest BCUT2D eigenvalue weighted by Crippen LogP contribution is 2.18. The summed E-state index contributed by atoms with van der Waals surface area (Å²) < 4.78 is 0. The van der Waals surface area contributed by atoms with Crippen molar-refractivity contribution in [3.05, 3.63) is 40.2 Å². The van der Waals surface area contributed by atoms with Crippen LogP contribution in [0.25, 0.3) is 0 Å². The molecule has 0 aliphatic rings. The molecule has 0 aliphatic heterocycles. The summed E-state index contributed by atoms with van der Waals surface area (Å²) in [6, 6.07) is 3.87. The molecule has 0 saturated heterocycles. The summed E-state index contributed by atoms with van der Waals surface area (Å²) in [6.45, 7) is 0.762. The number of nitrogens with two attached hydrogens (primary N) is 1. The van der Waals surface area contributed by atoms with Crippen molar-refractivity contribution in [1.29, 1.82) is 0 Å². The topological polar surface area (TPSA) is 55.0 Å². The molecular weight excluding hydrogens is 252 g/mol. The Bertz CT molecular complexity index is 510. The van der Waals surface area contributed by atoms with Crippen molar-refractivity contribution in [2.45, 2.75) is 6.54 Å². The van der Waals surface area contributed by atoms with Gasteiger partial charge in [0.1, 0.15) is 4.99 Å². The van der Waals surface area contributed by atoms with Gasteiger partial charge in [-0.25, -0.2) is 0 Å². The monoisotopic (exact) mass is 264 g/mol. The zero-order valence-electron chi connectivity index (χ0n) is 9.33. The van der Waals surface area contributed by atoms with Gasteiger partial charge in [0.15, 0.2) is 5.82 Å². The van der Waals surface area contributed by atoms with Crippen molar-refractivity contribution < 1.29 is 0 Å². The van der Waals surface area contributed by atoms with E-state index in [0.717, 1.165) is 12.1 Å². The highest BCUT2D eigenvalue weighted by atomic mass is 32.1. The average molecular weight is 264 g/mol. The highest BCUT2D eigenvalue weighted by molar-refractivity contribution is 7.80. The van der Waals surface area contributed by atoms with Crippen LogP contribution in [0.2, 0.25) is 0 Å². The van der Waals surface area contributed by atoms with Crippen molar-refractivity contribution in [2.24, 2.45) is 5.73 Å². The first-order valence-electron chi connectivity index (χ1n) is 5.02. The molecule has 2 heterocycles. The average Bonchev–Trinajstić information content (AvgIpc) is 2.81. The SMILES string of the molecule is CN(Cc1ccsc1)c1nnccc1C(N)=S. The molecule has 2 N–H and O–H groups in total. The zero-order chi connectivity index (χ0) is 12.3. The predicted octanol–water partition coefficient (Wildman–Crippen LogP) is 1.81. The summed E-state index contributed by atoms with van der Waals surface area (Å²) in [4.78, 5) is 2.33. The standard InChI is InChI=1S/C11H12N4S2/c1-15(6-8-3-5-17-7-8)11-9(10(12)16)2-4-13-14-11/h2-5,7H,6H2,1H3,(H2,12,16). The number of thiophene rings is 1. The fraction of sp³-hybridized carbons (Fsp3) is 0.182. The maximum Gasteiger partial charge on any atom is 0.161 e. The lowest BCUT2D eigenvalue weighted by Crippen LogP contribution is -2.23. The molecule has 2 rings (SSSR count). The Kier molecular flexibility index (Phi) is 3.65. The van der Waals surface area contributed by atoms with E-state index in [9.17, 15) is 0 Å². The van der Waals surface area contributed by atoms with Crippen LogP contribution in [-0.4, -0.2) is 22.2 Å². The predicted molar refractivity (Wildman–Crippen MR) is 74.3 cm³/mol. The minimum absolute atomic E-state index is 0.340. The second-order valence-corrected chi connectivity index (χ2v) is 4.84. The molecular formula is C11H12N4S2. The van der Waals surface area contributed by atoms with Crippen LogP contribution in [-0.2, 0) is 6.54 Å². The summed E-state index contributed by atoms with van der Waals surface area (Å²) in [5, 5.41) is 12.1. The highest BCUT2D eigenvalue weighted by Gasteiger charge is 2.11. The third kappa shape index (κ3) is 2.78. The third-order valence-corrected chi connectivity index (χ3v) is 3.28. The van der Waals surface area contributed by atoms with Crippen LogP contribution in [0.15, 0.2) is 29.1 Å². The van der Waals surface area contributed by atoms with Crippen LogP contribution in [0.4, 0.5) is 5.82 Å². The van der Waals surface area contributed by atoms with Gasteiger partial charge >= 0.3 is 0 Å². The van der Waals surface area contributed by atoms with Crippen molar-refractivity contribution in [3.63, 3.8) is 0 Å². The Morgan fingerprint density at radius 3 is 3.00 bits per heavy atom. The van der Waals surface area contributed by atoms with Crippen molar-refractivity contribution >= 4 is 34.4 Å². The van der Waals surface area contributed by atoms with Crippen LogP contribution in [0.3, 0.4) is 0 Å². The number of thiocarbonyl (C=S) groups is 1. The van der Waals surface area contributed by atoms with Crippen molar-refractivity contribution in [3.8, 4) is 0 Å². The van der Waals surface area contributed by atoms with Crippen LogP contribution in [0.5, 0.6) is 0 Å². The fourth-order valence-corrected chi connectivity index (χ4v) is 2.35. The third-order valence-electron chi connectivity index (χ3n) is 2.33. The smallest absolute Gasteiger partial charge is 0.161 e. The van der Waals surface area contributed by atoms with E-state index >= 15 is 0 Å². The maximum absolute atomic E-state index is 5.66. The number of hydrogen-bond acceptors (Lipinski definition) is 5. The van der Waals surface area contributed by atoms with E-state index in [1.165, 1.54) is 5.56 Å². The molecule has 0 saturated carbocycles. The second kappa shape index (κ2) is 5.20. The molecule has 0 aromatic carbocycles. The molecule has 2 aromatic heterocycles. The second-order valence-electron chi connectivity index (χ2n) is 3.62. The van der Waals surface area contributed by atoms with Gasteiger partial charge < -0.3 is 10.6 Å². The van der Waals surface area contributed by atoms with E-state index < -0.39 is 0 Å². The lowest BCUT2D eigenvalue weighted by molar-refractivity contribution is 0.867. The molecule has 0 amide bonds. The minimum Gasteiger partial charge on any atom is -0.389 e. The van der Waals surface area contributed by atoms with Gasteiger partial charge in [-0.05, 0) is 28.5 Å². The fourth-order valence-electron chi connectivity index (χ4n) is 1.53. The Labute approximate surface area is 109 Å². The molecule has 88 valence electrons. The lowest BCUT2D eigenvalue weighted by atomic mass is 10.2. The molecule has 0 atom stereocenters. The van der Waals surface area contributed by atoms with Crippen LogP contribution in [0.1, 0.15) is 11.1 Å². The van der Waals surface area contributed by atoms with Gasteiger partial charge in [-0.3, -0.25) is 0 Å². The van der Waals surface area contributed by atoms with Gasteiger partial charge in [0.05, 0.1) is 11.8 Å². The summed E-state index contributed by atoms with van der Waals surface area (Å²) in [7, 11) is 1.95. The van der Waals surface area contributed by atoms with E-state index in [1.54, 1.807) is 23.6 Å². The Balaban J connectivity index is 2.24. The van der Waals surface area contributed by atoms with E-state index in [1.807, 2.05) is 17.3 Å². The molecule has 0 fully saturated rings. The maximum atomic E-state index is 5.66. The molecule has 0 radical (unpaired) electrons. The first-order chi connectivity index (χ1) is 8.18. The Morgan fingerprint density at radius 2 is 2.35 bits per heavy atom. The van der Waals surface area contributed by atoms with Crippen LogP contribution in [0, 0.1) is 0 Å². The van der Waals surface area contributed by atoms with E-state index in [-0.39, 0.29) is 0 Å². The number of anilines is 1. The molecule has 0 unspecified atom stereocenters. The number of hydrogen-bond donors (Lipinski definition) is 1. The quantitative estimate of drug-likeness (QED) is 0.854. The summed E-state index contributed by atoms with van der Waals surface area (Å²) >= 11 is 6.68. The largest absolute Gasteiger partial charge is 0.389 e. The van der Waals surface area contributed by atoms with E-state index in [4.69, 9.17) is 18.0 Å². The molecule has 0 spiro atoms. The van der Waals surface area contributed by atoms with E-state index in [2.05, 4.69) is 21.6 Å². The molecule has 0 bridgehead atoms. The molecule has 17 heavy (non-hydrogen) atoms. The Hall–Kier alpha value is -1.53. The van der Waals surface area contributed by atoms with Gasteiger partial charge in [0.2, 0.25) is 0 Å². The van der Waals surface area contributed by atoms with Gasteiger partial charge in [0.25, 0.3) is 0 Å². The normalized spacial score (nSPS) is 10.2. The van der Waals surface area contributed by atoms with Crippen LogP contribution < -0.4 is 10.6 Å². The first kappa shape index (κ1) is 11.9. The van der Waals surface area contributed by atoms with Gasteiger partial charge in [-0.1, -0.05) is 12.2 Å². The molecule has 2 aromatic rings. The first-order valence-corrected chi connectivity index (χ1v) is 6.37. The Morgan fingerprint density at radius 1 is 1.53 bits per heavy atom. The number of nitrogens with zero attached hydrogens (tertiary/aromatic N) is 3. The molecule has 4 nitrogen and oxygen atoms in total. The van der Waals surface area contributed by atoms with Crippen molar-refractivity contribution in [2.75, 3.05) is 11.9 Å². The van der Waals surface area contributed by atoms with Gasteiger partial charge in [0, 0.05) is 13.6 Å². The summed E-state index contributed by atoms with van der Waals surface area (Å²) in [5.41, 5.74) is 7.66. The van der Waals surface area contributed by atoms with Gasteiger partial charge in [-0.2, -0.15) is 16.4 Å². The zero-order valence-corrected chi connectivity index (χ0v) is 11.0. The molecule has 0 aliphatic carbocycles. The lowest BCUT2D eigenvalue weighted by Gasteiger charge is -2.19. The number of rotatable bonds is 4. The summed E-state index contributed by atoms with van der Waals surface area (Å²) in [5.74, 6) is 0.714. The van der Waals surface area contributed by atoms with Gasteiger partial charge in [-0.15, -0.1) is 5.10 Å².